The van der Waals surface area contributed by atoms with Gasteiger partial charge in [0.1, 0.15) is 18.3 Å². The van der Waals surface area contributed by atoms with Crippen molar-refractivity contribution in [2.45, 2.75) is 30.2 Å². The number of hydrogen-bond donors (Lipinski definition) is 4. The van der Waals surface area contributed by atoms with Gasteiger partial charge in [0.15, 0.2) is 6.23 Å². The number of H-pyrrole nitrogens is 1. The van der Waals surface area contributed by atoms with E-state index >= 15 is 0 Å². The Hall–Kier alpha value is -1.81. The standard InChI is InChI=1S/C12H15FN2O6/c1-2-4-11(20)8(18)12(13,6-16)21-9(11)15-5-3-7(17)14-10(15)19/h2-3,5,8-9,16,18,20H,1,4,6H2,(H,14,17,19)/t8-,9+,11+,12+/m0/s1. The number of ether oxygens (including phenoxy) is 1. The summed E-state index contributed by atoms with van der Waals surface area (Å²) in [7, 11) is 0. The molecule has 2 rings (SSSR count). The summed E-state index contributed by atoms with van der Waals surface area (Å²) in [5.41, 5.74) is -3.87. The molecule has 21 heavy (non-hydrogen) atoms. The Bertz CT molecular complexity index is 658. The third-order valence-electron chi connectivity index (χ3n) is 3.41. The number of rotatable bonds is 4. The lowest BCUT2D eigenvalue weighted by atomic mass is 9.89. The maximum Gasteiger partial charge on any atom is 0.330 e. The molecule has 4 N–H and O–H groups in total. The number of aliphatic hydroxyl groups excluding tert-OH is 2. The average Bonchev–Trinajstić information content (AvgIpc) is 2.62. The summed E-state index contributed by atoms with van der Waals surface area (Å²) < 4.78 is 19.9. The lowest BCUT2D eigenvalue weighted by molar-refractivity contribution is -0.207. The highest BCUT2D eigenvalue weighted by Crippen LogP contribution is 2.46. The molecule has 1 saturated heterocycles. The van der Waals surface area contributed by atoms with Gasteiger partial charge >= 0.3 is 5.69 Å². The first-order chi connectivity index (χ1) is 9.78. The number of aromatic nitrogens is 2. The first kappa shape index (κ1) is 15.6. The predicted molar refractivity (Wildman–Crippen MR) is 68.1 cm³/mol. The summed E-state index contributed by atoms with van der Waals surface area (Å²) in [4.78, 5) is 24.7. The summed E-state index contributed by atoms with van der Waals surface area (Å²) in [6.07, 6.45) is -1.87. The Morgan fingerprint density at radius 3 is 2.76 bits per heavy atom. The van der Waals surface area contributed by atoms with Gasteiger partial charge in [-0.2, -0.15) is 0 Å². The van der Waals surface area contributed by atoms with Crippen LogP contribution in [0.2, 0.25) is 0 Å². The number of nitrogens with zero attached hydrogens (tertiary/aromatic N) is 1. The van der Waals surface area contributed by atoms with E-state index in [1.54, 1.807) is 0 Å². The fourth-order valence-corrected chi connectivity index (χ4v) is 2.34. The van der Waals surface area contributed by atoms with Crippen LogP contribution in [0.25, 0.3) is 0 Å². The van der Waals surface area contributed by atoms with Crippen LogP contribution in [-0.2, 0) is 4.74 Å². The van der Waals surface area contributed by atoms with Crippen LogP contribution in [0.1, 0.15) is 12.6 Å². The molecule has 4 atom stereocenters. The third-order valence-corrected chi connectivity index (χ3v) is 3.41. The molecule has 8 nitrogen and oxygen atoms in total. The molecule has 1 aliphatic heterocycles. The molecule has 2 heterocycles. The minimum atomic E-state index is -2.95. The second-order valence-corrected chi connectivity index (χ2v) is 4.82. The van der Waals surface area contributed by atoms with E-state index in [0.29, 0.717) is 0 Å². The summed E-state index contributed by atoms with van der Waals surface area (Å²) in [5.74, 6) is -2.95. The van der Waals surface area contributed by atoms with Gasteiger partial charge in [-0.05, 0) is 0 Å². The fourth-order valence-electron chi connectivity index (χ4n) is 2.34. The number of nitrogens with one attached hydrogen (secondary N) is 1. The number of aromatic amines is 1. The van der Waals surface area contributed by atoms with Gasteiger partial charge in [0.05, 0.1) is 0 Å². The van der Waals surface area contributed by atoms with Gasteiger partial charge in [-0.15, -0.1) is 6.58 Å². The smallest absolute Gasteiger partial charge is 0.330 e. The molecule has 1 fully saturated rings. The van der Waals surface area contributed by atoms with Gasteiger partial charge in [-0.25, -0.2) is 9.18 Å². The van der Waals surface area contributed by atoms with Gasteiger partial charge in [0, 0.05) is 18.7 Å². The van der Waals surface area contributed by atoms with Crippen LogP contribution in [-0.4, -0.2) is 49.0 Å². The van der Waals surface area contributed by atoms with Gasteiger partial charge in [0.2, 0.25) is 0 Å². The molecule has 0 radical (unpaired) electrons. The highest BCUT2D eigenvalue weighted by atomic mass is 19.2. The Morgan fingerprint density at radius 1 is 1.57 bits per heavy atom. The molecule has 1 aromatic heterocycles. The summed E-state index contributed by atoms with van der Waals surface area (Å²) in [6, 6.07) is 0.975. The monoisotopic (exact) mass is 302 g/mol. The Balaban J connectivity index is 2.57. The predicted octanol–water partition coefficient (Wildman–Crippen LogP) is -1.61. The van der Waals surface area contributed by atoms with Gasteiger partial charge in [-0.3, -0.25) is 14.3 Å². The van der Waals surface area contributed by atoms with E-state index < -0.39 is 41.6 Å². The first-order valence-electron chi connectivity index (χ1n) is 6.09. The Labute approximate surface area is 117 Å². The largest absolute Gasteiger partial charge is 0.390 e. The lowest BCUT2D eigenvalue weighted by Crippen LogP contribution is -2.51. The molecule has 0 unspecified atom stereocenters. The fraction of sp³-hybridized carbons (Fsp3) is 0.500. The number of hydrogen-bond acceptors (Lipinski definition) is 6. The quantitative estimate of drug-likeness (QED) is 0.496. The average molecular weight is 302 g/mol. The zero-order valence-electron chi connectivity index (χ0n) is 10.9. The van der Waals surface area contributed by atoms with Crippen molar-refractivity contribution in [2.75, 3.05) is 6.61 Å². The zero-order valence-corrected chi connectivity index (χ0v) is 10.9. The van der Waals surface area contributed by atoms with Crippen LogP contribution in [0, 0.1) is 0 Å². The molecule has 0 aliphatic carbocycles. The van der Waals surface area contributed by atoms with Gasteiger partial charge < -0.3 is 20.1 Å². The van der Waals surface area contributed by atoms with E-state index in [4.69, 9.17) is 9.84 Å². The van der Waals surface area contributed by atoms with Crippen molar-refractivity contribution in [3.8, 4) is 0 Å². The van der Waals surface area contributed by atoms with Crippen LogP contribution < -0.4 is 11.2 Å². The first-order valence-corrected chi connectivity index (χ1v) is 6.09. The molecule has 0 spiro atoms. The van der Waals surface area contributed by atoms with Crippen molar-refractivity contribution in [3.63, 3.8) is 0 Å². The topological polar surface area (TPSA) is 125 Å². The zero-order chi connectivity index (χ0) is 15.8. The van der Waals surface area contributed by atoms with E-state index in [0.717, 1.165) is 16.8 Å². The van der Waals surface area contributed by atoms with Gasteiger partial charge in [-0.1, -0.05) is 6.08 Å². The Morgan fingerprint density at radius 2 is 2.24 bits per heavy atom. The molecule has 1 aliphatic rings. The summed E-state index contributed by atoms with van der Waals surface area (Å²) in [5, 5.41) is 29.4. The highest BCUT2D eigenvalue weighted by Gasteiger charge is 2.64. The minimum Gasteiger partial charge on any atom is -0.390 e. The molecule has 9 heteroatoms. The van der Waals surface area contributed by atoms with Crippen molar-refractivity contribution in [2.24, 2.45) is 0 Å². The maximum absolute atomic E-state index is 14.3. The van der Waals surface area contributed by atoms with Crippen LogP contribution in [0.4, 0.5) is 4.39 Å². The number of aliphatic hydroxyl groups is 3. The van der Waals surface area contributed by atoms with Crippen LogP contribution >= 0.6 is 0 Å². The molecule has 0 aromatic carbocycles. The molecule has 1 aromatic rings. The number of halogens is 1. The molecule has 0 bridgehead atoms. The van der Waals surface area contributed by atoms with Crippen LogP contribution in [0.15, 0.2) is 34.5 Å². The van der Waals surface area contributed by atoms with E-state index in [9.17, 15) is 24.2 Å². The number of alkyl halides is 1. The van der Waals surface area contributed by atoms with E-state index in [-0.39, 0.29) is 6.42 Å². The van der Waals surface area contributed by atoms with E-state index in [1.165, 1.54) is 6.08 Å². The van der Waals surface area contributed by atoms with Crippen molar-refractivity contribution in [1.29, 1.82) is 0 Å². The van der Waals surface area contributed by atoms with Crippen molar-refractivity contribution >= 4 is 0 Å². The van der Waals surface area contributed by atoms with Crippen LogP contribution in [0.3, 0.4) is 0 Å². The molecule has 0 saturated carbocycles. The third kappa shape index (κ3) is 2.33. The normalized spacial score (nSPS) is 35.8. The van der Waals surface area contributed by atoms with Crippen molar-refractivity contribution < 1.29 is 24.4 Å². The molecular formula is C12H15FN2O6. The van der Waals surface area contributed by atoms with Crippen LogP contribution in [0.5, 0.6) is 0 Å². The highest BCUT2D eigenvalue weighted by molar-refractivity contribution is 5.08. The summed E-state index contributed by atoms with van der Waals surface area (Å²) >= 11 is 0. The van der Waals surface area contributed by atoms with Crippen molar-refractivity contribution in [1.82, 2.24) is 9.55 Å². The van der Waals surface area contributed by atoms with E-state index in [1.807, 2.05) is 4.98 Å². The van der Waals surface area contributed by atoms with E-state index in [2.05, 4.69) is 6.58 Å². The summed E-state index contributed by atoms with van der Waals surface area (Å²) in [6.45, 7) is 2.17. The Kier molecular flexibility index (Phi) is 3.85. The second kappa shape index (κ2) is 5.19. The molecular weight excluding hydrogens is 287 g/mol. The minimum absolute atomic E-state index is 0.309. The lowest BCUT2D eigenvalue weighted by Gasteiger charge is -2.30. The second-order valence-electron chi connectivity index (χ2n) is 4.82. The molecule has 116 valence electrons. The maximum atomic E-state index is 14.3. The molecule has 0 amide bonds. The van der Waals surface area contributed by atoms with Gasteiger partial charge in [0.25, 0.3) is 11.4 Å². The van der Waals surface area contributed by atoms with Crippen molar-refractivity contribution in [3.05, 3.63) is 45.8 Å². The SMILES string of the molecule is C=CC[C@]1(O)[C@H](n2ccc(=O)[nH]c2=O)O[C@](F)(CO)[C@H]1O.